The number of aryl methyl sites for hydroxylation is 2. The fraction of sp³-hybridized carbons (Fsp3) is 0.597. The Hall–Kier alpha value is -6.71. The molecule has 0 radical (unpaired) electrons. The summed E-state index contributed by atoms with van der Waals surface area (Å²) in [5.74, 6) is 0.469. The van der Waals surface area contributed by atoms with Gasteiger partial charge in [0.25, 0.3) is 8.32 Å². The number of hydrogen-bond acceptors (Lipinski definition) is 14. The van der Waals surface area contributed by atoms with Crippen LogP contribution in [-0.4, -0.2) is 143 Å². The van der Waals surface area contributed by atoms with E-state index in [2.05, 4.69) is 61.6 Å². The second-order valence-electron chi connectivity index (χ2n) is 27.6. The van der Waals surface area contributed by atoms with Gasteiger partial charge in [-0.25, -0.2) is 18.4 Å². The number of nitrogens with one attached hydrogen (secondary N) is 1. The van der Waals surface area contributed by atoms with Gasteiger partial charge >= 0.3 is 17.8 Å². The normalized spacial score (nSPS) is 23.9. The summed E-state index contributed by atoms with van der Waals surface area (Å²) in [6.07, 6.45) is 11.5. The summed E-state index contributed by atoms with van der Waals surface area (Å²) in [5.41, 5.74) is 3.52. The number of rotatable bonds is 17. The number of nitrogens with zero attached hydrogens (tertiary/aromatic N) is 9. The number of imide groups is 1. The lowest BCUT2D eigenvalue weighted by Crippen LogP contribution is -2.56. The number of carbonyl (C=O) groups excluding carboxylic acids is 3. The van der Waals surface area contributed by atoms with Crippen LogP contribution in [0.25, 0.3) is 44.0 Å². The number of pyridine rings is 1. The van der Waals surface area contributed by atoms with Crippen molar-refractivity contribution in [3.63, 3.8) is 0 Å². The van der Waals surface area contributed by atoms with Crippen LogP contribution in [0.2, 0.25) is 16.6 Å². The zero-order valence-electron chi connectivity index (χ0n) is 52.5. The Labute approximate surface area is 514 Å². The van der Waals surface area contributed by atoms with Gasteiger partial charge in [0.05, 0.1) is 34.2 Å². The number of anilines is 2. The maximum Gasteiger partial charge on any atom is 0.409 e. The number of carbonyl (C=O) groups is 3. The highest BCUT2D eigenvalue weighted by molar-refractivity contribution is 6.78. The second kappa shape index (κ2) is 23.6. The summed E-state index contributed by atoms with van der Waals surface area (Å²) in [7, 11) is -0.756. The highest BCUT2D eigenvalue weighted by Crippen LogP contribution is 2.48. The standard InChI is InChI=1S/C67H86F2N10O8Si/c1-9-49-52(68)14-12-45-31-48(87-88(40(2)3,41(4)5)42(6)7)33-50(57(45)49)59-58(69)60-51(34-70-59)61(76-25-11-22-67(38-76)24-29-86-67)73-63(72-60)85-39-66-21-10-26-78(66)47(18-23-66)37-84-65(83)75-27-19-43(20-28-75)30-44-35-77(36-44)46-13-15-53-55(32-46)74(8)64(82)79(53)54-16-17-56(80)71-62(54)81/h12-15,31-34,40-44,47,54H,9-11,16-30,35-39H2,1-8H3,(H,71,80,81)/t47-,54?,66-,67-/m0/s1. The lowest BCUT2D eigenvalue weighted by atomic mass is 9.83. The number of fused-ring (bicyclic) bond motifs is 4. The maximum absolute atomic E-state index is 18.1. The molecule has 7 fully saturated rings. The molecule has 88 heavy (non-hydrogen) atoms. The highest BCUT2D eigenvalue weighted by Gasteiger charge is 2.51. The Morgan fingerprint density at radius 3 is 2.33 bits per heavy atom. The lowest BCUT2D eigenvalue weighted by molar-refractivity contribution is -0.151. The van der Waals surface area contributed by atoms with Crippen LogP contribution in [0.1, 0.15) is 137 Å². The summed E-state index contributed by atoms with van der Waals surface area (Å²) < 4.78 is 63.5. The number of hydrogen-bond donors (Lipinski definition) is 1. The summed E-state index contributed by atoms with van der Waals surface area (Å²) in [5, 5.41) is 4.21. The van der Waals surface area contributed by atoms with Crippen LogP contribution in [0.15, 0.2) is 53.5 Å². The number of amides is 3. The number of halogens is 2. The fourth-order valence-corrected chi connectivity index (χ4v) is 22.2. The molecule has 1 spiro atoms. The molecule has 1 unspecified atom stereocenters. The molecule has 7 aliphatic rings. The van der Waals surface area contributed by atoms with Crippen molar-refractivity contribution in [2.24, 2.45) is 18.9 Å². The molecular weight excluding hydrogens is 1140 g/mol. The number of piperidine rings is 3. The maximum atomic E-state index is 18.1. The van der Waals surface area contributed by atoms with Crippen LogP contribution in [0, 0.1) is 23.5 Å². The number of ether oxygens (including phenoxy) is 3. The molecule has 10 heterocycles. The molecule has 6 aromatic rings. The third-order valence-electron chi connectivity index (χ3n) is 21.6. The van der Waals surface area contributed by atoms with E-state index >= 15 is 8.78 Å². The Morgan fingerprint density at radius 2 is 1.61 bits per heavy atom. The zero-order chi connectivity index (χ0) is 61.6. The number of aromatic nitrogens is 5. The summed E-state index contributed by atoms with van der Waals surface area (Å²) in [6, 6.07) is 12.4. The molecule has 21 heteroatoms. The second-order valence-corrected chi connectivity index (χ2v) is 32.9. The van der Waals surface area contributed by atoms with Crippen molar-refractivity contribution in [2.45, 2.75) is 172 Å². The highest BCUT2D eigenvalue weighted by atomic mass is 28.4. The van der Waals surface area contributed by atoms with Gasteiger partial charge in [0.1, 0.15) is 47.9 Å². The number of likely N-dealkylation sites (tertiary alicyclic amines) is 1. The molecular formula is C67H86F2N10O8Si. The van der Waals surface area contributed by atoms with Crippen molar-refractivity contribution in [1.29, 1.82) is 0 Å². The molecule has 13 rings (SSSR count). The van der Waals surface area contributed by atoms with E-state index in [1.807, 2.05) is 42.2 Å². The summed E-state index contributed by atoms with van der Waals surface area (Å²) in [6.45, 7) is 21.9. The average Bonchev–Trinajstić information content (AvgIpc) is 2.68. The molecule has 3 aromatic carbocycles. The van der Waals surface area contributed by atoms with Gasteiger partial charge in [-0.1, -0.05) is 54.5 Å². The quantitative estimate of drug-likeness (QED) is 0.0673. The Bertz CT molecular complexity index is 3740. The van der Waals surface area contributed by atoms with Crippen LogP contribution in [0.4, 0.5) is 25.1 Å². The van der Waals surface area contributed by atoms with Crippen molar-refractivity contribution >= 4 is 70.4 Å². The van der Waals surface area contributed by atoms with Gasteiger partial charge in [-0.2, -0.15) is 9.97 Å². The third-order valence-corrected chi connectivity index (χ3v) is 27.6. The van der Waals surface area contributed by atoms with E-state index in [0.717, 1.165) is 100 Å². The first-order valence-electron chi connectivity index (χ1n) is 32.6. The minimum atomic E-state index is -2.48. The summed E-state index contributed by atoms with van der Waals surface area (Å²) in [4.78, 5) is 75.4. The van der Waals surface area contributed by atoms with Crippen molar-refractivity contribution in [2.75, 3.05) is 75.4 Å². The smallest absolute Gasteiger partial charge is 0.409 e. The first-order chi connectivity index (χ1) is 42.3. The average molecular weight is 1230 g/mol. The van der Waals surface area contributed by atoms with E-state index < -0.39 is 26.1 Å². The van der Waals surface area contributed by atoms with E-state index in [0.29, 0.717) is 96.4 Å². The largest absolute Gasteiger partial charge is 0.543 e. The first-order valence-corrected chi connectivity index (χ1v) is 34.7. The zero-order valence-corrected chi connectivity index (χ0v) is 53.5. The minimum absolute atomic E-state index is 0.0259. The van der Waals surface area contributed by atoms with Crippen LogP contribution in [0.5, 0.6) is 11.8 Å². The number of benzene rings is 3. The van der Waals surface area contributed by atoms with Crippen LogP contribution in [0.3, 0.4) is 0 Å². The molecule has 7 saturated heterocycles. The van der Waals surface area contributed by atoms with E-state index in [4.69, 9.17) is 33.6 Å². The van der Waals surface area contributed by atoms with Gasteiger partial charge < -0.3 is 33.3 Å². The first kappa shape index (κ1) is 60.2. The summed E-state index contributed by atoms with van der Waals surface area (Å²) >= 11 is 0. The van der Waals surface area contributed by atoms with Gasteiger partial charge in [-0.05, 0) is 158 Å². The molecule has 1 N–H and O–H groups in total. The van der Waals surface area contributed by atoms with E-state index in [1.165, 1.54) is 10.6 Å². The minimum Gasteiger partial charge on any atom is -0.543 e. The molecule has 7 aliphatic heterocycles. The van der Waals surface area contributed by atoms with E-state index in [-0.39, 0.29) is 94.2 Å². The van der Waals surface area contributed by atoms with Crippen LogP contribution < -0.4 is 30.0 Å². The fourth-order valence-electron chi connectivity index (χ4n) is 16.9. The predicted octanol–water partition coefficient (Wildman–Crippen LogP) is 11.4. The van der Waals surface area contributed by atoms with Crippen LogP contribution >= 0.6 is 0 Å². The van der Waals surface area contributed by atoms with Gasteiger partial charge in [0.15, 0.2) is 5.82 Å². The Balaban J connectivity index is 0.676. The number of imidazole rings is 1. The molecule has 0 aliphatic carbocycles. The van der Waals surface area contributed by atoms with E-state index in [1.54, 1.807) is 23.9 Å². The van der Waals surface area contributed by atoms with E-state index in [9.17, 15) is 19.2 Å². The third kappa shape index (κ3) is 10.6. The van der Waals surface area contributed by atoms with Crippen molar-refractivity contribution < 1.29 is 41.8 Å². The molecule has 3 amide bonds. The van der Waals surface area contributed by atoms with Gasteiger partial charge in [0.2, 0.25) is 11.8 Å². The van der Waals surface area contributed by atoms with Gasteiger partial charge in [-0.3, -0.25) is 33.9 Å². The van der Waals surface area contributed by atoms with Crippen molar-refractivity contribution in [3.05, 3.63) is 76.3 Å². The Kier molecular flexibility index (Phi) is 16.1. The van der Waals surface area contributed by atoms with Gasteiger partial charge in [-0.15, -0.1) is 0 Å². The van der Waals surface area contributed by atoms with Gasteiger partial charge in [0, 0.05) is 82.6 Å². The monoisotopic (exact) mass is 1220 g/mol. The lowest BCUT2D eigenvalue weighted by Gasteiger charge is -2.48. The molecule has 0 saturated carbocycles. The molecule has 470 valence electrons. The van der Waals surface area contributed by atoms with Crippen molar-refractivity contribution in [3.8, 4) is 23.0 Å². The Morgan fingerprint density at radius 1 is 0.852 bits per heavy atom. The van der Waals surface area contributed by atoms with Crippen LogP contribution in [-0.2, 0) is 32.5 Å². The topological polar surface area (TPSA) is 179 Å². The molecule has 3 aromatic heterocycles. The predicted molar refractivity (Wildman–Crippen MR) is 338 cm³/mol. The molecule has 0 bridgehead atoms. The SMILES string of the molecule is CCc1c(F)ccc2cc(O[Si](C(C)C)(C(C)C)C(C)C)cc(-c3ncc4c(N5CCC[C@]6(CCO6)C5)nc(OC[C@@]56CCCN5[C@H](COC(=O)N5CCC(CC7CN(c8ccc9c(c8)n(C)c(=O)n9C8CCC(=O)NC8=O)C7)CC5)CC6)nc4c3F)c12. The molecule has 4 atom stereocenters. The molecule has 18 nitrogen and oxygen atoms in total. The van der Waals surface area contributed by atoms with Crippen molar-refractivity contribution in [1.82, 2.24) is 39.2 Å².